The van der Waals surface area contributed by atoms with Gasteiger partial charge in [-0.2, -0.15) is 0 Å². The minimum absolute atomic E-state index is 0.408. The van der Waals surface area contributed by atoms with Gasteiger partial charge >= 0.3 is 6.09 Å². The number of carbonyl (C=O) groups is 1. The fraction of sp³-hybridized carbons (Fsp3) is 0.0789. The summed E-state index contributed by atoms with van der Waals surface area (Å²) in [5.41, 5.74) is 9.65. The lowest BCUT2D eigenvalue weighted by Gasteiger charge is -2.26. The molecule has 0 unspecified atom stereocenters. The first kappa shape index (κ1) is 26.1. The summed E-state index contributed by atoms with van der Waals surface area (Å²) in [6, 6.07) is 46.3. The molecule has 3 nitrogen and oxygen atoms in total. The molecule has 0 bridgehead atoms. The van der Waals surface area contributed by atoms with E-state index in [0.717, 1.165) is 60.8 Å². The molecule has 6 aromatic rings. The van der Waals surface area contributed by atoms with Crippen molar-refractivity contribution in [3.05, 3.63) is 139 Å². The fourth-order valence-corrected chi connectivity index (χ4v) is 5.55. The highest BCUT2D eigenvalue weighted by atomic mass is 16.6. The third-order valence-corrected chi connectivity index (χ3v) is 7.43. The molecular weight excluding hydrogens is 502 g/mol. The number of ether oxygens (including phenoxy) is 1. The summed E-state index contributed by atoms with van der Waals surface area (Å²) in [6.07, 6.45) is -0.408. The van der Waals surface area contributed by atoms with Crippen LogP contribution in [0.15, 0.2) is 133 Å². The standard InChI is InChI=1S/C38H31NO2/c1-26-24-25-31-32(27-16-8-4-9-17-27)33(28-18-10-5-11-19-28)34(29-20-12-6-13-21-29)35(30-22-14-7-15-23-30)36(31)37(26)41-38(40)39(2)3/h4-25H,1-3H3. The number of benzene rings is 6. The summed E-state index contributed by atoms with van der Waals surface area (Å²) in [5, 5.41) is 1.95. The molecule has 3 heteroatoms. The van der Waals surface area contributed by atoms with Crippen LogP contribution in [-0.4, -0.2) is 25.1 Å². The van der Waals surface area contributed by atoms with Crippen molar-refractivity contribution in [3.8, 4) is 50.3 Å². The molecule has 0 radical (unpaired) electrons. The monoisotopic (exact) mass is 533 g/mol. The van der Waals surface area contributed by atoms with E-state index in [1.165, 1.54) is 4.90 Å². The summed E-state index contributed by atoms with van der Waals surface area (Å²) in [6.45, 7) is 2.00. The van der Waals surface area contributed by atoms with Gasteiger partial charge in [-0.05, 0) is 56.8 Å². The van der Waals surface area contributed by atoms with Crippen molar-refractivity contribution in [2.75, 3.05) is 14.1 Å². The van der Waals surface area contributed by atoms with E-state index in [-0.39, 0.29) is 0 Å². The van der Waals surface area contributed by atoms with Crippen LogP contribution in [0.2, 0.25) is 0 Å². The Morgan fingerprint density at radius 1 is 0.512 bits per heavy atom. The molecule has 0 heterocycles. The fourth-order valence-electron chi connectivity index (χ4n) is 5.55. The lowest BCUT2D eigenvalue weighted by molar-refractivity contribution is 0.172. The smallest absolute Gasteiger partial charge is 0.409 e. The van der Waals surface area contributed by atoms with Crippen molar-refractivity contribution in [1.82, 2.24) is 4.90 Å². The Labute approximate surface area is 241 Å². The van der Waals surface area contributed by atoms with Gasteiger partial charge in [0.2, 0.25) is 0 Å². The molecule has 0 aliphatic rings. The van der Waals surface area contributed by atoms with Crippen LogP contribution in [0.5, 0.6) is 5.75 Å². The van der Waals surface area contributed by atoms with Gasteiger partial charge in [-0.3, -0.25) is 0 Å². The zero-order chi connectivity index (χ0) is 28.3. The van der Waals surface area contributed by atoms with Crippen LogP contribution in [0.1, 0.15) is 5.56 Å². The minimum Gasteiger partial charge on any atom is -0.409 e. The number of fused-ring (bicyclic) bond motifs is 1. The van der Waals surface area contributed by atoms with Gasteiger partial charge in [0.25, 0.3) is 0 Å². The van der Waals surface area contributed by atoms with E-state index in [4.69, 9.17) is 4.74 Å². The predicted molar refractivity (Wildman–Crippen MR) is 170 cm³/mol. The third-order valence-electron chi connectivity index (χ3n) is 7.43. The van der Waals surface area contributed by atoms with Crippen LogP contribution in [0, 0.1) is 6.92 Å². The molecule has 41 heavy (non-hydrogen) atoms. The van der Waals surface area contributed by atoms with Gasteiger partial charge in [-0.1, -0.05) is 133 Å². The zero-order valence-corrected chi connectivity index (χ0v) is 23.5. The van der Waals surface area contributed by atoms with Crippen molar-refractivity contribution < 1.29 is 9.53 Å². The van der Waals surface area contributed by atoms with Crippen LogP contribution in [-0.2, 0) is 0 Å². The van der Waals surface area contributed by atoms with Crippen LogP contribution in [0.4, 0.5) is 4.79 Å². The van der Waals surface area contributed by atoms with E-state index in [9.17, 15) is 4.79 Å². The van der Waals surface area contributed by atoms with Crippen molar-refractivity contribution in [1.29, 1.82) is 0 Å². The Morgan fingerprint density at radius 2 is 0.902 bits per heavy atom. The van der Waals surface area contributed by atoms with E-state index < -0.39 is 6.09 Å². The zero-order valence-electron chi connectivity index (χ0n) is 23.5. The van der Waals surface area contributed by atoms with Gasteiger partial charge < -0.3 is 9.64 Å². The Bertz CT molecular complexity index is 1830. The molecule has 0 aromatic heterocycles. The molecule has 0 fully saturated rings. The summed E-state index contributed by atoms with van der Waals surface area (Å²) in [7, 11) is 3.42. The van der Waals surface area contributed by atoms with E-state index in [1.54, 1.807) is 14.1 Å². The van der Waals surface area contributed by atoms with E-state index in [0.29, 0.717) is 5.75 Å². The molecule has 1 amide bonds. The maximum absolute atomic E-state index is 13.1. The van der Waals surface area contributed by atoms with Crippen molar-refractivity contribution >= 4 is 16.9 Å². The molecule has 0 aliphatic heterocycles. The summed E-state index contributed by atoms with van der Waals surface area (Å²) in [4.78, 5) is 14.5. The van der Waals surface area contributed by atoms with Gasteiger partial charge in [0.05, 0.1) is 0 Å². The number of amides is 1. The lowest BCUT2D eigenvalue weighted by atomic mass is 9.78. The molecule has 6 aromatic carbocycles. The molecule has 0 N–H and O–H groups in total. The van der Waals surface area contributed by atoms with Gasteiger partial charge in [0.15, 0.2) is 0 Å². The molecule has 0 atom stereocenters. The molecular formula is C38H31NO2. The third kappa shape index (κ3) is 4.87. The Morgan fingerprint density at radius 3 is 1.34 bits per heavy atom. The number of hydrogen-bond donors (Lipinski definition) is 0. The van der Waals surface area contributed by atoms with E-state index in [2.05, 4.69) is 115 Å². The van der Waals surface area contributed by atoms with E-state index in [1.807, 2.05) is 25.1 Å². The van der Waals surface area contributed by atoms with Gasteiger partial charge in [-0.25, -0.2) is 4.79 Å². The number of rotatable bonds is 5. The van der Waals surface area contributed by atoms with E-state index >= 15 is 0 Å². The first-order valence-corrected chi connectivity index (χ1v) is 13.8. The van der Waals surface area contributed by atoms with Crippen molar-refractivity contribution in [2.45, 2.75) is 6.92 Å². The Hall–Kier alpha value is -5.15. The molecule has 200 valence electrons. The number of hydrogen-bond acceptors (Lipinski definition) is 2. The maximum Gasteiger partial charge on any atom is 0.414 e. The van der Waals surface area contributed by atoms with Crippen LogP contribution in [0.25, 0.3) is 55.3 Å². The normalized spacial score (nSPS) is 10.9. The second kappa shape index (κ2) is 11.1. The van der Waals surface area contributed by atoms with Crippen LogP contribution >= 0.6 is 0 Å². The second-order valence-corrected chi connectivity index (χ2v) is 10.4. The molecule has 6 rings (SSSR count). The number of aryl methyl sites for hydroxylation is 1. The average molecular weight is 534 g/mol. The van der Waals surface area contributed by atoms with Crippen LogP contribution < -0.4 is 4.74 Å². The summed E-state index contributed by atoms with van der Waals surface area (Å²) < 4.78 is 6.20. The van der Waals surface area contributed by atoms with Crippen LogP contribution in [0.3, 0.4) is 0 Å². The minimum atomic E-state index is -0.408. The first-order chi connectivity index (χ1) is 20.0. The highest BCUT2D eigenvalue weighted by molar-refractivity contribution is 6.20. The average Bonchev–Trinajstić information content (AvgIpc) is 3.02. The summed E-state index contributed by atoms with van der Waals surface area (Å²) >= 11 is 0. The Kier molecular flexibility index (Phi) is 7.09. The summed E-state index contributed by atoms with van der Waals surface area (Å²) in [5.74, 6) is 0.578. The molecule has 0 saturated heterocycles. The second-order valence-electron chi connectivity index (χ2n) is 10.4. The topological polar surface area (TPSA) is 29.5 Å². The quantitative estimate of drug-likeness (QED) is 0.221. The maximum atomic E-state index is 13.1. The molecule has 0 aliphatic carbocycles. The predicted octanol–water partition coefficient (Wildman–Crippen LogP) is 9.88. The lowest BCUT2D eigenvalue weighted by Crippen LogP contribution is -2.25. The SMILES string of the molecule is Cc1ccc2c(-c3ccccc3)c(-c3ccccc3)c(-c3ccccc3)c(-c3ccccc3)c2c1OC(=O)N(C)C. The largest absolute Gasteiger partial charge is 0.414 e. The van der Waals surface area contributed by atoms with Gasteiger partial charge in [0, 0.05) is 25.0 Å². The highest BCUT2D eigenvalue weighted by Crippen LogP contribution is 2.53. The Balaban J connectivity index is 1.92. The van der Waals surface area contributed by atoms with Gasteiger partial charge in [-0.15, -0.1) is 0 Å². The molecule has 0 spiro atoms. The molecule has 0 saturated carbocycles. The number of nitrogens with zero attached hydrogens (tertiary/aromatic N) is 1. The van der Waals surface area contributed by atoms with Gasteiger partial charge in [0.1, 0.15) is 5.75 Å². The first-order valence-electron chi connectivity index (χ1n) is 13.8. The van der Waals surface area contributed by atoms with Crippen molar-refractivity contribution in [2.24, 2.45) is 0 Å². The highest BCUT2D eigenvalue weighted by Gasteiger charge is 2.27. The van der Waals surface area contributed by atoms with Crippen molar-refractivity contribution in [3.63, 3.8) is 0 Å². The number of carbonyl (C=O) groups excluding carboxylic acids is 1.